The highest BCUT2D eigenvalue weighted by atomic mass is 79.9. The molecule has 1 N–H and O–H groups in total. The number of rotatable bonds is 5. The van der Waals surface area contributed by atoms with E-state index in [4.69, 9.17) is 0 Å². The Labute approximate surface area is 212 Å². The third kappa shape index (κ3) is 4.52. The number of nitrogens with zero attached hydrogens (tertiary/aromatic N) is 5. The van der Waals surface area contributed by atoms with E-state index in [9.17, 15) is 17.8 Å². The van der Waals surface area contributed by atoms with Crippen LogP contribution in [0.1, 0.15) is 6.92 Å². The number of hydrogen-bond acceptors (Lipinski definition) is 8. The van der Waals surface area contributed by atoms with E-state index in [1.165, 1.54) is 28.5 Å². The third-order valence-corrected chi connectivity index (χ3v) is 7.59. The van der Waals surface area contributed by atoms with E-state index in [2.05, 4.69) is 36.2 Å². The lowest BCUT2D eigenvalue weighted by molar-refractivity contribution is -0.117. The zero-order valence-corrected chi connectivity index (χ0v) is 21.2. The molecule has 4 aromatic rings. The summed E-state index contributed by atoms with van der Waals surface area (Å²) >= 11 is 4.71. The van der Waals surface area contributed by atoms with Gasteiger partial charge in [0, 0.05) is 26.2 Å². The fourth-order valence-electron chi connectivity index (χ4n) is 3.63. The summed E-state index contributed by atoms with van der Waals surface area (Å²) in [7, 11) is -4.41. The fourth-order valence-corrected chi connectivity index (χ4v) is 5.38. The summed E-state index contributed by atoms with van der Waals surface area (Å²) in [5.41, 5.74) is 2.46. The minimum Gasteiger partial charge on any atom is -0.282 e. The molecule has 0 radical (unpaired) electrons. The monoisotopic (exact) mass is 569 g/mol. The molecule has 0 bridgehead atoms. The van der Waals surface area contributed by atoms with Crippen molar-refractivity contribution >= 4 is 70.6 Å². The smallest absolute Gasteiger partial charge is 0.282 e. The minimum absolute atomic E-state index is 0.224. The molecule has 1 aliphatic rings. The molecule has 0 spiro atoms. The first kappa shape index (κ1) is 23.4. The highest BCUT2D eigenvalue weighted by Gasteiger charge is 2.36. The van der Waals surface area contributed by atoms with Gasteiger partial charge in [0.2, 0.25) is 5.13 Å². The van der Waals surface area contributed by atoms with E-state index in [0.29, 0.717) is 27.3 Å². The molecule has 2 heterocycles. The van der Waals surface area contributed by atoms with Crippen LogP contribution in [-0.2, 0) is 14.9 Å². The SMILES string of the molecule is CC1=NN(c2nc(-c3ccc(Br)cc3)cs2)C(=O)[C@H]1N=Nc1ccc(S(=O)(=O)O)c2ccccc12. The standard InChI is InChI=1S/C23H16BrN5O4S2/c1-13-21(27-26-18-10-11-20(35(31,32)33)17-5-3-2-4-16(17)18)22(30)29(28-13)23-25-19(12-34-23)14-6-8-15(24)9-7-14/h2-12,21H,1H3,(H,31,32,33)/t21-/m0/s1. The summed E-state index contributed by atoms with van der Waals surface area (Å²) in [5, 5.41) is 17.1. The highest BCUT2D eigenvalue weighted by molar-refractivity contribution is 9.10. The van der Waals surface area contributed by atoms with Gasteiger partial charge in [-0.2, -0.15) is 28.8 Å². The summed E-state index contributed by atoms with van der Waals surface area (Å²) in [6, 6.07) is 16.1. The average molecular weight is 570 g/mol. The molecule has 3 aromatic carbocycles. The van der Waals surface area contributed by atoms with Crippen LogP contribution >= 0.6 is 27.3 Å². The number of fused-ring (bicyclic) bond motifs is 1. The Kier molecular flexibility index (Phi) is 6.05. The van der Waals surface area contributed by atoms with Crippen LogP contribution in [0.15, 0.2) is 90.7 Å². The van der Waals surface area contributed by atoms with Gasteiger partial charge in [-0.25, -0.2) is 4.98 Å². The van der Waals surface area contributed by atoms with Gasteiger partial charge in [-0.3, -0.25) is 9.35 Å². The molecule has 9 nitrogen and oxygen atoms in total. The molecule has 5 rings (SSSR count). The maximum Gasteiger partial charge on any atom is 0.295 e. The van der Waals surface area contributed by atoms with Crippen molar-refractivity contribution in [3.05, 3.63) is 70.5 Å². The summed E-state index contributed by atoms with van der Waals surface area (Å²) in [6.07, 6.45) is 0. The highest BCUT2D eigenvalue weighted by Crippen LogP contribution is 2.33. The van der Waals surface area contributed by atoms with Gasteiger partial charge in [0.25, 0.3) is 16.0 Å². The van der Waals surface area contributed by atoms with Gasteiger partial charge in [0.05, 0.1) is 17.1 Å². The van der Waals surface area contributed by atoms with Gasteiger partial charge in [0.1, 0.15) is 4.90 Å². The van der Waals surface area contributed by atoms with Gasteiger partial charge < -0.3 is 0 Å². The minimum atomic E-state index is -4.41. The quantitative estimate of drug-likeness (QED) is 0.238. The van der Waals surface area contributed by atoms with E-state index in [0.717, 1.165) is 15.7 Å². The van der Waals surface area contributed by atoms with Gasteiger partial charge in [-0.05, 0) is 31.2 Å². The van der Waals surface area contributed by atoms with Crippen LogP contribution in [-0.4, -0.2) is 35.6 Å². The number of thiazole rings is 1. The Bertz CT molecular complexity index is 1630. The topological polar surface area (TPSA) is 125 Å². The average Bonchev–Trinajstić information content (AvgIpc) is 3.42. The van der Waals surface area contributed by atoms with Crippen molar-refractivity contribution in [2.75, 3.05) is 5.01 Å². The van der Waals surface area contributed by atoms with Crippen LogP contribution < -0.4 is 5.01 Å². The number of hydrazone groups is 1. The van der Waals surface area contributed by atoms with E-state index in [-0.39, 0.29) is 10.8 Å². The summed E-state index contributed by atoms with van der Waals surface area (Å²) in [6.45, 7) is 1.68. The van der Waals surface area contributed by atoms with Gasteiger partial charge >= 0.3 is 0 Å². The lowest BCUT2D eigenvalue weighted by Gasteiger charge is -2.09. The molecule has 0 saturated heterocycles. The first-order chi connectivity index (χ1) is 16.7. The Morgan fingerprint density at radius 2 is 1.77 bits per heavy atom. The van der Waals surface area contributed by atoms with Crippen LogP contribution in [0.25, 0.3) is 22.0 Å². The van der Waals surface area contributed by atoms with Crippen LogP contribution in [0.3, 0.4) is 0 Å². The maximum atomic E-state index is 13.1. The van der Waals surface area contributed by atoms with Crippen molar-refractivity contribution in [2.45, 2.75) is 17.9 Å². The Morgan fingerprint density at radius 3 is 2.49 bits per heavy atom. The molecule has 1 aliphatic heterocycles. The number of amides is 1. The largest absolute Gasteiger partial charge is 0.295 e. The van der Waals surface area contributed by atoms with Crippen molar-refractivity contribution in [3.63, 3.8) is 0 Å². The molecule has 176 valence electrons. The number of carbonyl (C=O) groups excluding carboxylic acids is 1. The molecule has 12 heteroatoms. The Balaban J connectivity index is 1.42. The van der Waals surface area contributed by atoms with Gasteiger partial charge in [0.15, 0.2) is 6.04 Å². The van der Waals surface area contributed by atoms with Crippen molar-refractivity contribution in [2.24, 2.45) is 15.3 Å². The molecule has 1 aromatic heterocycles. The second-order valence-electron chi connectivity index (χ2n) is 7.64. The first-order valence-electron chi connectivity index (χ1n) is 10.2. The van der Waals surface area contributed by atoms with Crippen molar-refractivity contribution in [1.82, 2.24) is 4.98 Å². The second kappa shape index (κ2) is 9.04. The van der Waals surface area contributed by atoms with Crippen LogP contribution in [0, 0.1) is 0 Å². The fraction of sp³-hybridized carbons (Fsp3) is 0.0870. The maximum absolute atomic E-state index is 13.1. The lowest BCUT2D eigenvalue weighted by Crippen LogP contribution is -2.29. The first-order valence-corrected chi connectivity index (χ1v) is 13.3. The zero-order chi connectivity index (χ0) is 24.7. The Morgan fingerprint density at radius 1 is 1.06 bits per heavy atom. The van der Waals surface area contributed by atoms with E-state index < -0.39 is 16.2 Å². The molecule has 0 saturated carbocycles. The normalized spacial score (nSPS) is 16.4. The number of benzene rings is 3. The molecule has 0 fully saturated rings. The molecule has 1 atom stereocenters. The predicted molar refractivity (Wildman–Crippen MR) is 138 cm³/mol. The van der Waals surface area contributed by atoms with Gasteiger partial charge in [-0.15, -0.1) is 11.3 Å². The number of carbonyl (C=O) groups is 1. The van der Waals surface area contributed by atoms with Crippen LogP contribution in [0.4, 0.5) is 10.8 Å². The molecular formula is C23H16BrN5O4S2. The number of hydrogen-bond donors (Lipinski definition) is 1. The zero-order valence-electron chi connectivity index (χ0n) is 18.0. The molecular weight excluding hydrogens is 554 g/mol. The predicted octanol–water partition coefficient (Wildman–Crippen LogP) is 5.85. The third-order valence-electron chi connectivity index (χ3n) is 5.33. The van der Waals surface area contributed by atoms with Crippen LogP contribution in [0.5, 0.6) is 0 Å². The number of halogens is 1. The van der Waals surface area contributed by atoms with Crippen molar-refractivity contribution < 1.29 is 17.8 Å². The number of azo groups is 1. The number of anilines is 1. The van der Waals surface area contributed by atoms with Gasteiger partial charge in [-0.1, -0.05) is 52.3 Å². The van der Waals surface area contributed by atoms with E-state index in [1.807, 2.05) is 29.6 Å². The molecule has 1 amide bonds. The molecule has 0 aliphatic carbocycles. The second-order valence-corrected chi connectivity index (χ2v) is 10.8. The van der Waals surface area contributed by atoms with Crippen LogP contribution in [0.2, 0.25) is 0 Å². The van der Waals surface area contributed by atoms with Crippen molar-refractivity contribution in [1.29, 1.82) is 0 Å². The van der Waals surface area contributed by atoms with E-state index >= 15 is 0 Å². The van der Waals surface area contributed by atoms with Crippen molar-refractivity contribution in [3.8, 4) is 11.3 Å². The summed E-state index contributed by atoms with van der Waals surface area (Å²) in [5.74, 6) is -0.387. The number of aromatic nitrogens is 1. The summed E-state index contributed by atoms with van der Waals surface area (Å²) < 4.78 is 33.9. The Hall–Kier alpha value is -3.32. The molecule has 35 heavy (non-hydrogen) atoms. The lowest BCUT2D eigenvalue weighted by atomic mass is 10.1. The summed E-state index contributed by atoms with van der Waals surface area (Å²) in [4.78, 5) is 17.4. The molecule has 0 unspecified atom stereocenters. The van der Waals surface area contributed by atoms with E-state index in [1.54, 1.807) is 31.2 Å².